The van der Waals surface area contributed by atoms with Crippen molar-refractivity contribution in [1.29, 1.82) is 0 Å². The molecule has 2 aromatic rings. The highest BCUT2D eigenvalue weighted by atomic mass is 127. The lowest BCUT2D eigenvalue weighted by Crippen LogP contribution is -2.48. The zero-order valence-corrected chi connectivity index (χ0v) is 16.7. The Balaban J connectivity index is 0.00000192. The summed E-state index contributed by atoms with van der Waals surface area (Å²) < 4.78 is 2.23. The van der Waals surface area contributed by atoms with Gasteiger partial charge in [0.25, 0.3) is 0 Å². The number of likely N-dealkylation sites (tertiary alicyclic amines) is 1. The molecule has 5 nitrogen and oxygen atoms in total. The van der Waals surface area contributed by atoms with E-state index in [1.807, 2.05) is 19.6 Å². The largest absolute Gasteiger partial charge is 0.351 e. The normalized spacial score (nSPS) is 21.8. The number of halogens is 1. The predicted molar refractivity (Wildman–Crippen MR) is 107 cm³/mol. The van der Waals surface area contributed by atoms with Crippen molar-refractivity contribution in [2.24, 2.45) is 10.9 Å². The minimum atomic E-state index is 0. The second-order valence-electron chi connectivity index (χ2n) is 5.77. The van der Waals surface area contributed by atoms with E-state index in [1.54, 1.807) is 11.3 Å². The predicted octanol–water partition coefficient (Wildman–Crippen LogP) is 3.22. The first-order chi connectivity index (χ1) is 10.8. The van der Waals surface area contributed by atoms with Crippen LogP contribution in [0.25, 0.3) is 0 Å². The molecule has 2 atom stereocenters. The summed E-state index contributed by atoms with van der Waals surface area (Å²) in [6.07, 6.45) is 7.01. The van der Waals surface area contributed by atoms with E-state index in [9.17, 15) is 0 Å². The van der Waals surface area contributed by atoms with Gasteiger partial charge in [-0.3, -0.25) is 4.99 Å². The van der Waals surface area contributed by atoms with Gasteiger partial charge in [0.05, 0.1) is 18.9 Å². The number of piperidine rings is 1. The van der Waals surface area contributed by atoms with E-state index in [0.717, 1.165) is 25.6 Å². The first-order valence-electron chi connectivity index (χ1n) is 7.73. The Kier molecular flexibility index (Phi) is 6.88. The number of thiophene rings is 1. The van der Waals surface area contributed by atoms with Gasteiger partial charge in [-0.05, 0) is 23.8 Å². The summed E-state index contributed by atoms with van der Waals surface area (Å²) in [7, 11) is 1.86. The Hall–Kier alpha value is -1.09. The van der Waals surface area contributed by atoms with Gasteiger partial charge in [-0.25, -0.2) is 4.98 Å². The molecule has 126 valence electrons. The van der Waals surface area contributed by atoms with Gasteiger partial charge in [-0.2, -0.15) is 0 Å². The fraction of sp³-hybridized carbons (Fsp3) is 0.500. The van der Waals surface area contributed by atoms with Crippen molar-refractivity contribution in [1.82, 2.24) is 19.8 Å². The van der Waals surface area contributed by atoms with Gasteiger partial charge in [0.2, 0.25) is 0 Å². The Morgan fingerprint density at radius 3 is 3.04 bits per heavy atom. The molecule has 3 rings (SSSR count). The van der Waals surface area contributed by atoms with Crippen molar-refractivity contribution in [2.75, 3.05) is 20.1 Å². The number of aliphatic imine (C=N–C) groups is 1. The first-order valence-corrected chi connectivity index (χ1v) is 8.61. The molecule has 0 amide bonds. The smallest absolute Gasteiger partial charge is 0.194 e. The molecule has 3 heterocycles. The van der Waals surface area contributed by atoms with Crippen molar-refractivity contribution in [2.45, 2.75) is 25.9 Å². The maximum Gasteiger partial charge on any atom is 0.194 e. The summed E-state index contributed by atoms with van der Waals surface area (Å²) >= 11 is 1.77. The Morgan fingerprint density at radius 1 is 1.52 bits per heavy atom. The molecule has 1 aliphatic rings. The second kappa shape index (κ2) is 8.68. The minimum absolute atomic E-state index is 0. The van der Waals surface area contributed by atoms with Crippen molar-refractivity contribution in [3.8, 4) is 0 Å². The maximum atomic E-state index is 4.46. The zero-order valence-electron chi connectivity index (χ0n) is 13.6. The van der Waals surface area contributed by atoms with Gasteiger partial charge in [0, 0.05) is 37.4 Å². The molecule has 2 unspecified atom stereocenters. The van der Waals surface area contributed by atoms with Crippen LogP contribution in [0.3, 0.4) is 0 Å². The van der Waals surface area contributed by atoms with Gasteiger partial charge in [-0.15, -0.1) is 35.3 Å². The van der Waals surface area contributed by atoms with Gasteiger partial charge in [0.1, 0.15) is 0 Å². The van der Waals surface area contributed by atoms with Crippen LogP contribution in [0, 0.1) is 5.92 Å². The third kappa shape index (κ3) is 4.47. The van der Waals surface area contributed by atoms with E-state index in [4.69, 9.17) is 0 Å². The number of nitrogens with one attached hydrogen (secondary N) is 1. The molecule has 2 aromatic heterocycles. The lowest BCUT2D eigenvalue weighted by atomic mass is 9.93. The molecule has 0 spiro atoms. The lowest BCUT2D eigenvalue weighted by Gasteiger charge is -2.39. The molecule has 0 aromatic carbocycles. The van der Waals surface area contributed by atoms with Crippen molar-refractivity contribution in [3.05, 3.63) is 41.1 Å². The molecule has 0 aliphatic carbocycles. The molecule has 0 bridgehead atoms. The monoisotopic (exact) mass is 445 g/mol. The lowest BCUT2D eigenvalue weighted by molar-refractivity contribution is 0.189. The molecule has 1 fully saturated rings. The van der Waals surface area contributed by atoms with Crippen LogP contribution in [0.15, 0.2) is 41.2 Å². The van der Waals surface area contributed by atoms with E-state index in [-0.39, 0.29) is 24.0 Å². The van der Waals surface area contributed by atoms with Crippen molar-refractivity contribution >= 4 is 41.3 Å². The number of imidazole rings is 1. The Labute approximate surface area is 158 Å². The Bertz CT molecular complexity index is 596. The summed E-state index contributed by atoms with van der Waals surface area (Å²) in [5, 5.41) is 5.59. The average Bonchev–Trinajstić information content (AvgIpc) is 3.22. The standard InChI is InChI=1S/C16H23N5S.HI/c1-13-5-7-20(11-15(13)21-8-6-18-12-21)16(17-2)19-10-14-4-3-9-22-14;/h3-4,6,8-9,12-13,15H,5,7,10-11H2,1-2H3,(H,17,19);1H. The highest BCUT2D eigenvalue weighted by molar-refractivity contribution is 14.0. The average molecular weight is 445 g/mol. The number of aromatic nitrogens is 2. The van der Waals surface area contributed by atoms with Gasteiger partial charge in [0.15, 0.2) is 5.96 Å². The van der Waals surface area contributed by atoms with Gasteiger partial charge >= 0.3 is 0 Å². The molecular weight excluding hydrogens is 421 g/mol. The molecule has 23 heavy (non-hydrogen) atoms. The molecular formula is C16H24IN5S. The van der Waals surface area contributed by atoms with E-state index in [2.05, 4.69) is 55.4 Å². The number of rotatable bonds is 3. The molecule has 1 saturated heterocycles. The summed E-state index contributed by atoms with van der Waals surface area (Å²) in [4.78, 5) is 12.3. The molecule has 1 N–H and O–H groups in total. The fourth-order valence-corrected chi connectivity index (χ4v) is 3.65. The topological polar surface area (TPSA) is 45.5 Å². The van der Waals surface area contributed by atoms with Crippen LogP contribution < -0.4 is 5.32 Å². The maximum absolute atomic E-state index is 4.46. The van der Waals surface area contributed by atoms with Crippen LogP contribution in [0.1, 0.15) is 24.3 Å². The first kappa shape index (κ1) is 18.3. The molecule has 7 heteroatoms. The van der Waals surface area contributed by atoms with E-state index >= 15 is 0 Å². The number of nitrogens with zero attached hydrogens (tertiary/aromatic N) is 4. The highest BCUT2D eigenvalue weighted by Gasteiger charge is 2.28. The van der Waals surface area contributed by atoms with Crippen molar-refractivity contribution < 1.29 is 0 Å². The SMILES string of the molecule is CN=C(NCc1cccs1)N1CCC(C)C(n2ccnc2)C1.I. The summed E-state index contributed by atoms with van der Waals surface area (Å²) in [5.74, 6) is 1.64. The summed E-state index contributed by atoms with van der Waals surface area (Å²) in [6.45, 7) is 5.19. The second-order valence-corrected chi connectivity index (χ2v) is 6.80. The van der Waals surface area contributed by atoms with Gasteiger partial charge < -0.3 is 14.8 Å². The van der Waals surface area contributed by atoms with E-state index in [0.29, 0.717) is 12.0 Å². The third-order valence-corrected chi connectivity index (χ3v) is 5.22. The van der Waals surface area contributed by atoms with Crippen LogP contribution in [0.2, 0.25) is 0 Å². The van der Waals surface area contributed by atoms with Crippen LogP contribution in [-0.2, 0) is 6.54 Å². The zero-order chi connectivity index (χ0) is 15.4. The van der Waals surface area contributed by atoms with Crippen LogP contribution in [0.5, 0.6) is 0 Å². The van der Waals surface area contributed by atoms with Crippen LogP contribution in [-0.4, -0.2) is 40.5 Å². The molecule has 1 aliphatic heterocycles. The summed E-state index contributed by atoms with van der Waals surface area (Å²) in [6, 6.07) is 4.69. The molecule has 0 radical (unpaired) electrons. The van der Waals surface area contributed by atoms with E-state index in [1.165, 1.54) is 11.3 Å². The summed E-state index contributed by atoms with van der Waals surface area (Å²) in [5.41, 5.74) is 0. The number of hydrogen-bond acceptors (Lipinski definition) is 3. The number of hydrogen-bond donors (Lipinski definition) is 1. The van der Waals surface area contributed by atoms with Gasteiger partial charge in [-0.1, -0.05) is 13.0 Å². The third-order valence-electron chi connectivity index (χ3n) is 4.34. The Morgan fingerprint density at radius 2 is 2.39 bits per heavy atom. The quantitative estimate of drug-likeness (QED) is 0.449. The van der Waals surface area contributed by atoms with Crippen LogP contribution in [0.4, 0.5) is 0 Å². The highest BCUT2D eigenvalue weighted by Crippen LogP contribution is 2.27. The van der Waals surface area contributed by atoms with Crippen molar-refractivity contribution in [3.63, 3.8) is 0 Å². The number of guanidine groups is 1. The molecule has 0 saturated carbocycles. The fourth-order valence-electron chi connectivity index (χ4n) is 3.01. The minimum Gasteiger partial charge on any atom is -0.351 e. The van der Waals surface area contributed by atoms with E-state index < -0.39 is 0 Å². The van der Waals surface area contributed by atoms with Crippen LogP contribution >= 0.6 is 35.3 Å².